The van der Waals surface area contributed by atoms with Gasteiger partial charge in [0.05, 0.1) is 49.9 Å². The molecule has 5 rings (SSSR count). The van der Waals surface area contributed by atoms with Crippen LogP contribution in [0.15, 0.2) is 83.8 Å². The molecule has 0 aliphatic carbocycles. The standard InChI is InChI=1S/C33H32FN5O6.C4H6O4/c1-20(44-30(40)18-35-3)19-38-21(2)31(33(42)39(38)23-8-6-5-7-9-23)32(41)37-22-10-13-29(26(34)16-22)45-28-14-15-36-27-17-24(43-4)11-12-25(27)28;5-3(6)1-2-4(7)8/h5-17,20,35H,18-19H2,1-4H3,(H,37,41);1-2H2,(H,5,6)(H,7,8)/t20-;/m1./s1. The minimum atomic E-state index is -1.08. The predicted molar refractivity (Wildman–Crippen MR) is 191 cm³/mol. The number of amides is 1. The van der Waals surface area contributed by atoms with Crippen LogP contribution in [0.1, 0.15) is 35.8 Å². The lowest BCUT2D eigenvalue weighted by Gasteiger charge is -2.18. The molecule has 0 aliphatic heterocycles. The van der Waals surface area contributed by atoms with Crippen LogP contribution < -0.4 is 25.7 Å². The fraction of sp³-hybridized carbons (Fsp3) is 0.243. The van der Waals surface area contributed by atoms with E-state index in [2.05, 4.69) is 15.6 Å². The lowest BCUT2D eigenvalue weighted by Crippen LogP contribution is -2.30. The molecular formula is C37H38FN5O10. The summed E-state index contributed by atoms with van der Waals surface area (Å²) < 4.78 is 34.7. The average molecular weight is 732 g/mol. The predicted octanol–water partition coefficient (Wildman–Crippen LogP) is 4.77. The Bertz CT molecular complexity index is 2150. The van der Waals surface area contributed by atoms with Gasteiger partial charge in [-0.3, -0.25) is 33.6 Å². The molecule has 53 heavy (non-hydrogen) atoms. The average Bonchev–Trinajstić information content (AvgIpc) is 3.36. The fourth-order valence-electron chi connectivity index (χ4n) is 5.15. The summed E-state index contributed by atoms with van der Waals surface area (Å²) >= 11 is 0. The SMILES string of the molecule is CNCC(=O)O[C@H](C)Cn1c(C)c(C(=O)Nc2ccc(Oc3ccnc4cc(OC)ccc34)c(F)c2)c(=O)n1-c1ccccc1.O=C(O)CCC(=O)O. The third-order valence-electron chi connectivity index (χ3n) is 7.58. The number of esters is 1. The monoisotopic (exact) mass is 731 g/mol. The molecule has 278 valence electrons. The van der Waals surface area contributed by atoms with Gasteiger partial charge in [-0.15, -0.1) is 0 Å². The Morgan fingerprint density at radius 2 is 1.64 bits per heavy atom. The van der Waals surface area contributed by atoms with Gasteiger partial charge in [0.2, 0.25) is 0 Å². The van der Waals surface area contributed by atoms with Gasteiger partial charge in [0.25, 0.3) is 11.5 Å². The highest BCUT2D eigenvalue weighted by atomic mass is 19.1. The third-order valence-corrected chi connectivity index (χ3v) is 7.58. The number of aromatic nitrogens is 3. The number of aliphatic carboxylic acids is 2. The normalized spacial score (nSPS) is 11.2. The number of ether oxygens (including phenoxy) is 3. The molecule has 2 aromatic heterocycles. The maximum Gasteiger partial charge on any atom is 0.320 e. The molecule has 0 unspecified atom stereocenters. The lowest BCUT2D eigenvalue weighted by atomic mass is 10.2. The number of hydrogen-bond donors (Lipinski definition) is 4. The van der Waals surface area contributed by atoms with Gasteiger partial charge in [-0.25, -0.2) is 9.07 Å². The second-order valence-electron chi connectivity index (χ2n) is 11.5. The lowest BCUT2D eigenvalue weighted by molar-refractivity contribution is -0.147. The molecule has 0 radical (unpaired) electrons. The summed E-state index contributed by atoms with van der Waals surface area (Å²) in [5.41, 5.74) is 0.901. The quantitative estimate of drug-likeness (QED) is 0.114. The van der Waals surface area contributed by atoms with Crippen molar-refractivity contribution in [3.63, 3.8) is 0 Å². The molecule has 3 aromatic carbocycles. The number of nitrogens with one attached hydrogen (secondary N) is 2. The molecule has 1 atom stereocenters. The summed E-state index contributed by atoms with van der Waals surface area (Å²) in [5.74, 6) is -3.09. The maximum atomic E-state index is 15.2. The molecule has 0 saturated heterocycles. The van der Waals surface area contributed by atoms with Gasteiger partial charge in [0, 0.05) is 29.4 Å². The summed E-state index contributed by atoms with van der Waals surface area (Å²) in [7, 11) is 3.19. The van der Waals surface area contributed by atoms with Crippen molar-refractivity contribution in [3.8, 4) is 22.9 Å². The minimum Gasteiger partial charge on any atom is -0.497 e. The van der Waals surface area contributed by atoms with E-state index < -0.39 is 41.3 Å². The van der Waals surface area contributed by atoms with E-state index in [1.54, 1.807) is 93.5 Å². The number of likely N-dealkylation sites (N-methyl/N-ethyl adjacent to an activating group) is 1. The number of carboxylic acid groups (broad SMARTS) is 2. The van der Waals surface area contributed by atoms with Crippen LogP contribution in [0, 0.1) is 12.7 Å². The number of hydrogen-bond acceptors (Lipinski definition) is 10. The number of pyridine rings is 1. The second kappa shape index (κ2) is 18.1. The van der Waals surface area contributed by atoms with Gasteiger partial charge in [-0.2, -0.15) is 0 Å². The molecule has 0 saturated carbocycles. The molecule has 0 spiro atoms. The molecule has 5 aromatic rings. The zero-order valence-electron chi connectivity index (χ0n) is 29.3. The van der Waals surface area contributed by atoms with E-state index in [0.717, 1.165) is 6.07 Å². The van der Waals surface area contributed by atoms with Crippen LogP contribution in [-0.4, -0.2) is 75.2 Å². The number of halogens is 1. The third kappa shape index (κ3) is 10.3. The van der Waals surface area contributed by atoms with Crippen molar-refractivity contribution in [2.75, 3.05) is 26.0 Å². The number of methoxy groups -OCH3 is 1. The summed E-state index contributed by atoms with van der Waals surface area (Å²) in [6.07, 6.45) is 0.349. The van der Waals surface area contributed by atoms with Crippen LogP contribution in [0.4, 0.5) is 10.1 Å². The number of carbonyl (C=O) groups is 4. The fourth-order valence-corrected chi connectivity index (χ4v) is 5.15. The Balaban J connectivity index is 0.000000703. The number of nitrogens with zero attached hydrogens (tertiary/aromatic N) is 3. The summed E-state index contributed by atoms with van der Waals surface area (Å²) in [6.45, 7) is 3.47. The summed E-state index contributed by atoms with van der Waals surface area (Å²) in [5, 5.41) is 21.8. The number of benzene rings is 3. The van der Waals surface area contributed by atoms with E-state index in [1.807, 2.05) is 0 Å². The van der Waals surface area contributed by atoms with E-state index in [-0.39, 0.29) is 42.9 Å². The van der Waals surface area contributed by atoms with E-state index in [9.17, 15) is 24.0 Å². The molecule has 16 heteroatoms. The van der Waals surface area contributed by atoms with Crippen molar-refractivity contribution in [1.29, 1.82) is 0 Å². The number of anilines is 1. The van der Waals surface area contributed by atoms with E-state index in [4.69, 9.17) is 24.4 Å². The highest BCUT2D eigenvalue weighted by Crippen LogP contribution is 2.33. The Kier molecular flexibility index (Phi) is 13.4. The van der Waals surface area contributed by atoms with E-state index in [0.29, 0.717) is 33.8 Å². The molecule has 15 nitrogen and oxygen atoms in total. The molecule has 1 amide bonds. The van der Waals surface area contributed by atoms with Gasteiger partial charge in [0.15, 0.2) is 11.6 Å². The molecule has 2 heterocycles. The van der Waals surface area contributed by atoms with Crippen LogP contribution in [0.25, 0.3) is 16.6 Å². The largest absolute Gasteiger partial charge is 0.497 e. The van der Waals surface area contributed by atoms with Gasteiger partial charge < -0.3 is 35.1 Å². The van der Waals surface area contributed by atoms with Crippen molar-refractivity contribution < 1.29 is 48.0 Å². The Labute approximate surface area is 302 Å². The van der Waals surface area contributed by atoms with Crippen molar-refractivity contribution in [3.05, 3.63) is 106 Å². The highest BCUT2D eigenvalue weighted by molar-refractivity contribution is 6.05. The Morgan fingerprint density at radius 3 is 2.26 bits per heavy atom. The van der Waals surface area contributed by atoms with Gasteiger partial charge in [-0.1, -0.05) is 18.2 Å². The van der Waals surface area contributed by atoms with E-state index in [1.165, 1.54) is 16.8 Å². The second-order valence-corrected chi connectivity index (χ2v) is 11.5. The Hall–Kier alpha value is -6.55. The summed E-state index contributed by atoms with van der Waals surface area (Å²) in [6, 6.07) is 19.7. The zero-order valence-corrected chi connectivity index (χ0v) is 29.3. The van der Waals surface area contributed by atoms with Crippen LogP contribution in [0.3, 0.4) is 0 Å². The van der Waals surface area contributed by atoms with Gasteiger partial charge in [-0.05, 0) is 63.4 Å². The summed E-state index contributed by atoms with van der Waals surface area (Å²) in [4.78, 5) is 62.8. The number of rotatable bonds is 14. The number of carboxylic acids is 2. The maximum absolute atomic E-state index is 15.2. The number of para-hydroxylation sites is 1. The zero-order chi connectivity index (χ0) is 38.7. The first-order valence-electron chi connectivity index (χ1n) is 16.2. The molecule has 0 aliphatic rings. The van der Waals surface area contributed by atoms with Crippen LogP contribution in [0.5, 0.6) is 17.2 Å². The van der Waals surface area contributed by atoms with Gasteiger partial charge >= 0.3 is 17.9 Å². The van der Waals surface area contributed by atoms with Crippen molar-refractivity contribution in [2.45, 2.75) is 39.3 Å². The van der Waals surface area contributed by atoms with Crippen molar-refractivity contribution in [1.82, 2.24) is 19.7 Å². The molecule has 0 bridgehead atoms. The first-order valence-corrected chi connectivity index (χ1v) is 16.2. The Morgan fingerprint density at radius 1 is 0.943 bits per heavy atom. The first-order chi connectivity index (χ1) is 25.3. The smallest absolute Gasteiger partial charge is 0.320 e. The molecule has 0 fully saturated rings. The molecular weight excluding hydrogens is 693 g/mol. The van der Waals surface area contributed by atoms with Crippen LogP contribution >= 0.6 is 0 Å². The molecule has 4 N–H and O–H groups in total. The van der Waals surface area contributed by atoms with Gasteiger partial charge in [0.1, 0.15) is 23.2 Å². The number of fused-ring (bicyclic) bond motifs is 1. The van der Waals surface area contributed by atoms with Crippen molar-refractivity contribution in [2.24, 2.45) is 0 Å². The first kappa shape index (κ1) is 39.2. The minimum absolute atomic E-state index is 0.0307. The van der Waals surface area contributed by atoms with Crippen LogP contribution in [-0.2, 0) is 25.7 Å². The van der Waals surface area contributed by atoms with E-state index >= 15 is 4.39 Å². The highest BCUT2D eigenvalue weighted by Gasteiger charge is 2.26. The topological polar surface area (TPSA) is 200 Å². The number of carbonyl (C=O) groups excluding carboxylic acids is 2. The van der Waals surface area contributed by atoms with Crippen molar-refractivity contribution >= 4 is 40.4 Å². The van der Waals surface area contributed by atoms with Crippen LogP contribution in [0.2, 0.25) is 0 Å².